The predicted molar refractivity (Wildman–Crippen MR) is 81.9 cm³/mol. The van der Waals surface area contributed by atoms with Crippen LogP contribution in [0.1, 0.15) is 12.6 Å². The second-order valence-electron chi connectivity index (χ2n) is 5.18. The van der Waals surface area contributed by atoms with Gasteiger partial charge in [-0.25, -0.2) is 9.78 Å². The van der Waals surface area contributed by atoms with Crippen molar-refractivity contribution in [3.63, 3.8) is 0 Å². The number of oxazole rings is 1. The second kappa shape index (κ2) is 6.80. The zero-order chi connectivity index (χ0) is 17.0. The lowest BCUT2D eigenvalue weighted by Gasteiger charge is -2.17. The minimum absolute atomic E-state index is 0.0905. The normalized spacial score (nSPS) is 13.3. The van der Waals surface area contributed by atoms with Crippen molar-refractivity contribution in [2.75, 3.05) is 6.54 Å². The maximum Gasteiger partial charge on any atom is 0.337 e. The average Bonchev–Trinajstić information content (AvgIpc) is 2.94. The van der Waals surface area contributed by atoms with Crippen LogP contribution in [0.5, 0.6) is 0 Å². The van der Waals surface area contributed by atoms with Gasteiger partial charge in [0.2, 0.25) is 11.8 Å². The van der Waals surface area contributed by atoms with Gasteiger partial charge in [-0.15, -0.1) is 0 Å². The number of aliphatic hydroxyl groups is 1. The van der Waals surface area contributed by atoms with Gasteiger partial charge < -0.3 is 19.9 Å². The Bertz CT molecular complexity index is 709. The summed E-state index contributed by atoms with van der Waals surface area (Å²) in [4.78, 5) is 26.7. The number of halogens is 1. The van der Waals surface area contributed by atoms with E-state index in [-0.39, 0.29) is 6.42 Å². The lowest BCUT2D eigenvalue weighted by Crippen LogP contribution is -2.46. The molecule has 1 unspecified atom stereocenters. The van der Waals surface area contributed by atoms with Crippen LogP contribution in [0.15, 0.2) is 34.9 Å². The molecule has 0 radical (unpaired) electrons. The summed E-state index contributed by atoms with van der Waals surface area (Å²) in [6.07, 6.45) is 1.26. The van der Waals surface area contributed by atoms with Crippen molar-refractivity contribution in [2.45, 2.75) is 18.9 Å². The third-order valence-electron chi connectivity index (χ3n) is 3.08. The molecule has 7 nitrogen and oxygen atoms in total. The number of rotatable bonds is 6. The first-order chi connectivity index (χ1) is 10.8. The van der Waals surface area contributed by atoms with E-state index in [2.05, 4.69) is 10.3 Å². The number of carboxylic acid groups (broad SMARTS) is 1. The van der Waals surface area contributed by atoms with Crippen molar-refractivity contribution in [2.24, 2.45) is 0 Å². The predicted octanol–water partition coefficient (Wildman–Crippen LogP) is 1.49. The molecule has 1 aromatic carbocycles. The molecule has 2 rings (SSSR count). The van der Waals surface area contributed by atoms with Gasteiger partial charge in [-0.05, 0) is 31.2 Å². The van der Waals surface area contributed by atoms with Gasteiger partial charge >= 0.3 is 5.97 Å². The van der Waals surface area contributed by atoms with Crippen LogP contribution in [0.3, 0.4) is 0 Å². The Balaban J connectivity index is 1.95. The number of amides is 1. The lowest BCUT2D eigenvalue weighted by molar-refractivity contribution is -0.156. The van der Waals surface area contributed by atoms with E-state index in [9.17, 15) is 14.7 Å². The van der Waals surface area contributed by atoms with Gasteiger partial charge in [0, 0.05) is 10.6 Å². The van der Waals surface area contributed by atoms with Crippen LogP contribution in [0.25, 0.3) is 11.5 Å². The van der Waals surface area contributed by atoms with Gasteiger partial charge in [-0.3, -0.25) is 4.79 Å². The summed E-state index contributed by atoms with van der Waals surface area (Å²) in [6, 6.07) is 6.87. The van der Waals surface area contributed by atoms with Crippen molar-refractivity contribution in [1.29, 1.82) is 0 Å². The Kier molecular flexibility index (Phi) is 5.02. The first-order valence-corrected chi connectivity index (χ1v) is 7.08. The van der Waals surface area contributed by atoms with E-state index in [0.717, 1.165) is 12.5 Å². The maximum atomic E-state index is 11.8. The van der Waals surface area contributed by atoms with Crippen LogP contribution in [-0.4, -0.2) is 39.2 Å². The third kappa shape index (κ3) is 4.54. The minimum atomic E-state index is -2.02. The molecule has 0 aliphatic carbocycles. The van der Waals surface area contributed by atoms with Crippen LogP contribution in [0.2, 0.25) is 5.02 Å². The van der Waals surface area contributed by atoms with Gasteiger partial charge in [0.05, 0.1) is 18.7 Å². The van der Waals surface area contributed by atoms with Crippen LogP contribution < -0.4 is 5.32 Å². The molecule has 0 fully saturated rings. The summed E-state index contributed by atoms with van der Waals surface area (Å²) in [5.41, 5.74) is -0.911. The lowest BCUT2D eigenvalue weighted by atomic mass is 10.1. The number of hydrogen-bond acceptors (Lipinski definition) is 5. The quantitative estimate of drug-likeness (QED) is 0.735. The number of nitrogens with zero attached hydrogens (tertiary/aromatic N) is 1. The molecule has 0 aliphatic rings. The highest BCUT2D eigenvalue weighted by Crippen LogP contribution is 2.21. The number of carboxylic acids is 1. The van der Waals surface area contributed by atoms with E-state index in [4.69, 9.17) is 21.1 Å². The van der Waals surface area contributed by atoms with Gasteiger partial charge in [-0.1, -0.05) is 11.6 Å². The molecule has 8 heteroatoms. The van der Waals surface area contributed by atoms with Crippen LogP contribution in [0.4, 0.5) is 0 Å². The topological polar surface area (TPSA) is 113 Å². The zero-order valence-corrected chi connectivity index (χ0v) is 13.0. The van der Waals surface area contributed by atoms with Crippen molar-refractivity contribution >= 4 is 23.5 Å². The summed E-state index contributed by atoms with van der Waals surface area (Å²) in [6.45, 7) is 0.702. The number of benzene rings is 1. The summed E-state index contributed by atoms with van der Waals surface area (Å²) in [5.74, 6) is -1.53. The number of carbonyl (C=O) groups is 2. The van der Waals surface area contributed by atoms with Gasteiger partial charge in [0.15, 0.2) is 5.60 Å². The van der Waals surface area contributed by atoms with Crippen molar-refractivity contribution in [3.8, 4) is 11.5 Å². The highest BCUT2D eigenvalue weighted by Gasteiger charge is 2.30. The van der Waals surface area contributed by atoms with Gasteiger partial charge in [-0.2, -0.15) is 0 Å². The Morgan fingerprint density at radius 3 is 2.61 bits per heavy atom. The molecule has 122 valence electrons. The summed E-state index contributed by atoms with van der Waals surface area (Å²) in [7, 11) is 0. The van der Waals surface area contributed by atoms with E-state index in [1.165, 1.54) is 6.26 Å². The number of carbonyl (C=O) groups excluding carboxylic acids is 1. The molecular formula is C15H15ClN2O5. The molecule has 2 aromatic rings. The summed E-state index contributed by atoms with van der Waals surface area (Å²) < 4.78 is 5.30. The molecule has 1 amide bonds. The Morgan fingerprint density at radius 1 is 1.35 bits per heavy atom. The molecule has 1 heterocycles. The molecule has 0 bridgehead atoms. The fourth-order valence-corrected chi connectivity index (χ4v) is 1.81. The fourth-order valence-electron chi connectivity index (χ4n) is 1.69. The first-order valence-electron chi connectivity index (χ1n) is 6.71. The monoisotopic (exact) mass is 338 g/mol. The minimum Gasteiger partial charge on any atom is -0.479 e. The summed E-state index contributed by atoms with van der Waals surface area (Å²) >= 11 is 5.80. The van der Waals surface area contributed by atoms with Crippen molar-refractivity contribution in [3.05, 3.63) is 41.2 Å². The van der Waals surface area contributed by atoms with Crippen LogP contribution in [-0.2, 0) is 16.0 Å². The molecule has 0 saturated carbocycles. The van der Waals surface area contributed by atoms with E-state index >= 15 is 0 Å². The molecule has 0 aliphatic heterocycles. The van der Waals surface area contributed by atoms with E-state index in [1.807, 2.05) is 0 Å². The third-order valence-corrected chi connectivity index (χ3v) is 3.33. The largest absolute Gasteiger partial charge is 0.479 e. The van der Waals surface area contributed by atoms with E-state index in [0.29, 0.717) is 16.6 Å². The maximum absolute atomic E-state index is 11.8. The molecule has 1 atom stereocenters. The number of aromatic nitrogens is 1. The average molecular weight is 339 g/mol. The smallest absolute Gasteiger partial charge is 0.337 e. The summed E-state index contributed by atoms with van der Waals surface area (Å²) in [5, 5.41) is 21.2. The zero-order valence-electron chi connectivity index (χ0n) is 12.2. The van der Waals surface area contributed by atoms with Crippen LogP contribution in [0, 0.1) is 0 Å². The number of hydrogen-bond donors (Lipinski definition) is 3. The Labute approximate surface area is 136 Å². The molecule has 23 heavy (non-hydrogen) atoms. The highest BCUT2D eigenvalue weighted by atomic mass is 35.5. The molecular weight excluding hydrogens is 324 g/mol. The number of aliphatic carboxylic acids is 1. The van der Waals surface area contributed by atoms with Crippen molar-refractivity contribution in [1.82, 2.24) is 10.3 Å². The van der Waals surface area contributed by atoms with Gasteiger partial charge in [0.25, 0.3) is 0 Å². The van der Waals surface area contributed by atoms with Crippen molar-refractivity contribution < 1.29 is 24.2 Å². The molecule has 1 aromatic heterocycles. The van der Waals surface area contributed by atoms with E-state index < -0.39 is 24.0 Å². The molecule has 0 spiro atoms. The molecule has 3 N–H and O–H groups in total. The molecule has 0 saturated heterocycles. The van der Waals surface area contributed by atoms with Gasteiger partial charge in [0.1, 0.15) is 6.26 Å². The van der Waals surface area contributed by atoms with E-state index in [1.54, 1.807) is 24.3 Å². The standard InChI is InChI=1S/C15H15ClN2O5/c1-15(22,14(20)21)8-17-12(19)6-11-7-23-13(18-11)9-2-4-10(16)5-3-9/h2-5,7,22H,6,8H2,1H3,(H,17,19)(H,20,21). The Morgan fingerprint density at radius 2 is 2.00 bits per heavy atom. The Hall–Kier alpha value is -2.38. The number of nitrogens with one attached hydrogen (secondary N) is 1. The highest BCUT2D eigenvalue weighted by molar-refractivity contribution is 6.30. The van der Waals surface area contributed by atoms with Crippen LogP contribution >= 0.6 is 11.6 Å². The fraction of sp³-hybridized carbons (Fsp3) is 0.267. The SMILES string of the molecule is CC(O)(CNC(=O)Cc1coc(-c2ccc(Cl)cc2)n1)C(=O)O. The second-order valence-corrected chi connectivity index (χ2v) is 5.62. The first kappa shape index (κ1) is 17.0.